The zero-order chi connectivity index (χ0) is 5.11. The molecule has 6 heteroatoms. The van der Waals surface area contributed by atoms with Crippen molar-refractivity contribution in [1.29, 1.82) is 0 Å². The second kappa shape index (κ2) is 2.57. The van der Waals surface area contributed by atoms with E-state index in [-0.39, 0.29) is 0 Å². The first-order valence-corrected chi connectivity index (χ1v) is 3.92. The summed E-state index contributed by atoms with van der Waals surface area (Å²) < 4.78 is 9.53. The van der Waals surface area contributed by atoms with Gasteiger partial charge in [0.15, 0.2) is 0 Å². The lowest BCUT2D eigenvalue weighted by atomic mass is 11.8. The van der Waals surface area contributed by atoms with Gasteiger partial charge in [-0.05, 0) is 8.88 Å². The van der Waals surface area contributed by atoms with Gasteiger partial charge in [-0.15, -0.1) is 4.52 Å². The van der Waals surface area contributed by atoms with Crippen molar-refractivity contribution in [3.63, 3.8) is 0 Å². The Hall–Kier alpha value is 0.300. The summed E-state index contributed by atoms with van der Waals surface area (Å²) in [7, 11) is 2.69. The first-order chi connectivity index (χ1) is 3.39. The van der Waals surface area contributed by atoms with Crippen LogP contribution in [0.2, 0.25) is 0 Å². The molecule has 1 aliphatic rings. The summed E-state index contributed by atoms with van der Waals surface area (Å²) >= 11 is 0. The van der Waals surface area contributed by atoms with Crippen molar-refractivity contribution in [3.8, 4) is 0 Å². The van der Waals surface area contributed by atoms with Crippen LogP contribution in [0.3, 0.4) is 0 Å². The monoisotopic (exact) mass is 149 g/mol. The van der Waals surface area contributed by atoms with E-state index in [0.717, 1.165) is 25.9 Å². The highest BCUT2D eigenvalue weighted by Crippen LogP contribution is 2.33. The minimum atomic E-state index is 0.837. The average molecular weight is 149 g/mol. The van der Waals surface area contributed by atoms with Crippen LogP contribution in [0.25, 0.3) is 0 Å². The molecule has 0 bridgehead atoms. The maximum absolute atomic E-state index is 3.89. The summed E-state index contributed by atoms with van der Waals surface area (Å²) in [6.07, 6.45) is 0. The number of nitrogens with zero attached hydrogens (tertiary/aromatic N) is 3. The van der Waals surface area contributed by atoms with Crippen molar-refractivity contribution in [2.75, 3.05) is 0 Å². The van der Waals surface area contributed by atoms with Gasteiger partial charge in [0.05, 0.1) is 0 Å². The molecule has 0 amide bonds. The highest BCUT2D eigenvalue weighted by molar-refractivity contribution is 7.50. The lowest BCUT2D eigenvalue weighted by Crippen LogP contribution is -1.70. The molecule has 0 fully saturated rings. The number of hydrogen-bond acceptors (Lipinski definition) is 2. The maximum atomic E-state index is 3.89. The first kappa shape index (κ1) is 5.44. The van der Waals surface area contributed by atoms with Gasteiger partial charge < -0.3 is 8.63 Å². The van der Waals surface area contributed by atoms with Gasteiger partial charge in [-0.2, -0.15) is 0 Å². The van der Waals surface area contributed by atoms with E-state index in [9.17, 15) is 0 Å². The van der Waals surface area contributed by atoms with E-state index >= 15 is 0 Å². The molecule has 0 N–H and O–H groups in total. The van der Waals surface area contributed by atoms with Crippen LogP contribution in [-0.4, -0.2) is 10.8 Å². The molecule has 36 valence electrons. The van der Waals surface area contributed by atoms with Crippen LogP contribution in [0, 0.1) is 0 Å². The molecule has 3 nitrogen and oxygen atoms in total. The smallest absolute Gasteiger partial charge is 0.342 e. The lowest BCUT2D eigenvalue weighted by Gasteiger charge is -2.00. The summed E-state index contributed by atoms with van der Waals surface area (Å²) in [5.74, 6) is 0. The van der Waals surface area contributed by atoms with Crippen molar-refractivity contribution in [3.05, 3.63) is 0 Å². The van der Waals surface area contributed by atoms with Gasteiger partial charge in [0, 0.05) is 0 Å². The number of hydrogen-bond donors (Lipinski definition) is 0. The molecule has 0 aliphatic carbocycles. The summed E-state index contributed by atoms with van der Waals surface area (Å²) in [4.78, 5) is 0. The molecule has 1 heterocycles. The van der Waals surface area contributed by atoms with Gasteiger partial charge >= 0.3 is 8.52 Å². The van der Waals surface area contributed by atoms with Crippen LogP contribution in [0.4, 0.5) is 0 Å². The zero-order valence-electron chi connectivity index (χ0n) is 3.39. The predicted molar refractivity (Wildman–Crippen MR) is 33.0 cm³/mol. The van der Waals surface area contributed by atoms with E-state index in [2.05, 4.69) is 15.7 Å². The van der Waals surface area contributed by atoms with Crippen molar-refractivity contribution in [1.82, 2.24) is 0 Å². The van der Waals surface area contributed by atoms with Crippen molar-refractivity contribution in [2.24, 2.45) is 9.03 Å². The Bertz CT molecular complexity index is 137. The van der Waals surface area contributed by atoms with Gasteiger partial charge in [-0.1, -0.05) is 0 Å². The third-order valence-electron chi connectivity index (χ3n) is 0.366. The minimum Gasteiger partial charge on any atom is -0.357 e. The molecule has 0 aromatic heterocycles. The first-order valence-electron chi connectivity index (χ1n) is 1.52. The molecule has 0 unspecified atom stereocenters. The maximum Gasteiger partial charge on any atom is 0.342 e. The highest BCUT2D eigenvalue weighted by atomic mass is 31.2. The van der Waals surface area contributed by atoms with Crippen molar-refractivity contribution >= 4 is 32.6 Å². The van der Waals surface area contributed by atoms with Crippen LogP contribution in [0.5, 0.6) is 0 Å². The van der Waals surface area contributed by atoms with Crippen LogP contribution in [0.15, 0.2) is 9.03 Å². The standard InChI is InChI=1S/CH2N3P3/c1-4-6-2-5-3-7-4/h1H2. The molecule has 0 aromatic carbocycles. The second-order valence-corrected chi connectivity index (χ2v) is 4.07. The molecule has 0 radical (unpaired) electrons. The fourth-order valence-electron chi connectivity index (χ4n) is 0.164. The van der Waals surface area contributed by atoms with E-state index in [1.807, 2.05) is 0 Å². The van der Waals surface area contributed by atoms with Gasteiger partial charge in [0.1, 0.15) is 15.2 Å². The van der Waals surface area contributed by atoms with E-state index in [0.29, 0.717) is 0 Å². The second-order valence-electron chi connectivity index (χ2n) is 0.819. The third-order valence-corrected chi connectivity index (χ3v) is 2.54. The predicted octanol–water partition coefficient (Wildman–Crippen LogP) is 2.58. The van der Waals surface area contributed by atoms with Gasteiger partial charge in [-0.3, -0.25) is 0 Å². The quantitative estimate of drug-likeness (QED) is 0.473. The van der Waals surface area contributed by atoms with E-state index in [1.165, 1.54) is 0 Å². The molecular weight excluding hydrogens is 147 g/mol. The van der Waals surface area contributed by atoms with Crippen LogP contribution < -0.4 is 0 Å². The molecule has 7 heavy (non-hydrogen) atoms. The fourth-order valence-corrected chi connectivity index (χ4v) is 2.44. The largest absolute Gasteiger partial charge is 0.357 e. The zero-order valence-corrected chi connectivity index (χ0v) is 6.07. The van der Waals surface area contributed by atoms with E-state index in [1.54, 1.807) is 4.12 Å². The van der Waals surface area contributed by atoms with Crippen molar-refractivity contribution in [2.45, 2.75) is 0 Å². The van der Waals surface area contributed by atoms with E-state index < -0.39 is 0 Å². The SMILES string of the molecule is C=[N+]1P=NP=N[P-]1. The molecule has 0 spiro atoms. The molecule has 1 rings (SSSR count). The molecule has 0 saturated carbocycles. The van der Waals surface area contributed by atoms with Crippen LogP contribution in [-0.2, 0) is 0 Å². The fraction of sp³-hybridized carbons (Fsp3) is 0. The third kappa shape index (κ3) is 1.69. The van der Waals surface area contributed by atoms with Gasteiger partial charge in [-0.25, -0.2) is 0 Å². The summed E-state index contributed by atoms with van der Waals surface area (Å²) in [6, 6.07) is 0. The summed E-state index contributed by atoms with van der Waals surface area (Å²) in [5.41, 5.74) is 0. The Morgan fingerprint density at radius 1 is 1.71 bits per heavy atom. The van der Waals surface area contributed by atoms with Crippen molar-refractivity contribution < 1.29 is 4.12 Å². The topological polar surface area (TPSA) is 27.7 Å². The Kier molecular flexibility index (Phi) is 2.00. The molecular formula is CH2N3P3. The van der Waals surface area contributed by atoms with E-state index in [4.69, 9.17) is 0 Å². The Morgan fingerprint density at radius 3 is 2.86 bits per heavy atom. The lowest BCUT2D eigenvalue weighted by molar-refractivity contribution is -0.134. The van der Waals surface area contributed by atoms with Crippen LogP contribution in [0.1, 0.15) is 0 Å². The highest BCUT2D eigenvalue weighted by Gasteiger charge is 1.84. The van der Waals surface area contributed by atoms with Gasteiger partial charge in [0.25, 0.3) is 0 Å². The summed E-state index contributed by atoms with van der Waals surface area (Å²) in [6.45, 7) is 3.61. The Labute approximate surface area is 46.6 Å². The minimum absolute atomic E-state index is 0.837. The average Bonchev–Trinajstić information content (AvgIpc) is 1.69. The van der Waals surface area contributed by atoms with Crippen LogP contribution >= 0.6 is 25.9 Å². The molecule has 0 atom stereocenters. The summed E-state index contributed by atoms with van der Waals surface area (Å²) in [5, 5.41) is 0. The Morgan fingerprint density at radius 2 is 2.57 bits per heavy atom. The molecule has 0 saturated heterocycles. The Balaban J connectivity index is 2.66. The molecule has 0 aromatic rings. The number of rotatable bonds is 0. The normalized spacial score (nSPS) is 26.0. The van der Waals surface area contributed by atoms with Gasteiger partial charge in [0.2, 0.25) is 0 Å². The molecule has 1 aliphatic heterocycles.